The number of piperidine rings is 1. The van der Waals surface area contributed by atoms with Crippen LogP contribution < -0.4 is 10.2 Å². The zero-order valence-corrected chi connectivity index (χ0v) is 14.0. The first-order chi connectivity index (χ1) is 11.6. The first-order valence-electron chi connectivity index (χ1n) is 8.03. The minimum absolute atomic E-state index is 0.110. The van der Waals surface area contributed by atoms with Crippen molar-refractivity contribution in [3.63, 3.8) is 0 Å². The van der Waals surface area contributed by atoms with Crippen LogP contribution in [0.25, 0.3) is 0 Å². The second-order valence-electron chi connectivity index (χ2n) is 5.78. The summed E-state index contributed by atoms with van der Waals surface area (Å²) in [5.74, 6) is 0.504. The molecular formula is C18H19ClN2O3. The zero-order valence-electron chi connectivity index (χ0n) is 13.2. The third-order valence-electron chi connectivity index (χ3n) is 4.10. The number of anilines is 1. The number of para-hydroxylation sites is 1. The highest BCUT2D eigenvalue weighted by atomic mass is 35.5. The van der Waals surface area contributed by atoms with Crippen LogP contribution in [0.4, 0.5) is 5.69 Å². The van der Waals surface area contributed by atoms with Gasteiger partial charge in [0.25, 0.3) is 0 Å². The molecule has 1 aliphatic heterocycles. The number of hydrogen-bond acceptors (Lipinski definition) is 3. The van der Waals surface area contributed by atoms with E-state index in [2.05, 4.69) is 5.32 Å². The van der Waals surface area contributed by atoms with Gasteiger partial charge < -0.3 is 14.6 Å². The second-order valence-corrected chi connectivity index (χ2v) is 6.19. The highest BCUT2D eigenvalue weighted by Gasteiger charge is 2.31. The summed E-state index contributed by atoms with van der Waals surface area (Å²) in [6, 6.07) is 10.4. The second kappa shape index (κ2) is 7.53. The smallest absolute Gasteiger partial charge is 0.249 e. The minimum atomic E-state index is -0.501. The Labute approximate surface area is 145 Å². The van der Waals surface area contributed by atoms with Gasteiger partial charge in [0, 0.05) is 19.4 Å². The summed E-state index contributed by atoms with van der Waals surface area (Å²) in [6.07, 6.45) is 3.86. The Balaban J connectivity index is 1.60. The van der Waals surface area contributed by atoms with Gasteiger partial charge in [-0.25, -0.2) is 0 Å². The fourth-order valence-corrected chi connectivity index (χ4v) is 3.11. The topological polar surface area (TPSA) is 62.6 Å². The predicted octanol–water partition coefficient (Wildman–Crippen LogP) is 3.18. The van der Waals surface area contributed by atoms with Crippen molar-refractivity contribution in [2.75, 3.05) is 11.4 Å². The molecule has 5 nitrogen and oxygen atoms in total. The van der Waals surface area contributed by atoms with Crippen LogP contribution in [0.1, 0.15) is 25.0 Å². The van der Waals surface area contributed by atoms with Crippen LogP contribution in [0.15, 0.2) is 47.1 Å². The molecule has 1 fully saturated rings. The van der Waals surface area contributed by atoms with Crippen molar-refractivity contribution in [3.05, 3.63) is 53.4 Å². The summed E-state index contributed by atoms with van der Waals surface area (Å²) in [6.45, 7) is 0.612. The number of aryl methyl sites for hydroxylation is 1. The van der Waals surface area contributed by atoms with Crippen LogP contribution in [0, 0.1) is 0 Å². The number of furan rings is 1. The van der Waals surface area contributed by atoms with E-state index in [0.29, 0.717) is 36.5 Å². The summed E-state index contributed by atoms with van der Waals surface area (Å²) in [5, 5.41) is 3.37. The summed E-state index contributed by atoms with van der Waals surface area (Å²) in [7, 11) is 0. The van der Waals surface area contributed by atoms with E-state index in [0.717, 1.165) is 12.2 Å². The lowest BCUT2D eigenvalue weighted by Crippen LogP contribution is -2.52. The van der Waals surface area contributed by atoms with Gasteiger partial charge in [-0.1, -0.05) is 23.7 Å². The van der Waals surface area contributed by atoms with E-state index in [1.54, 1.807) is 23.3 Å². The monoisotopic (exact) mass is 346 g/mol. The number of carbonyl (C=O) groups is 2. The van der Waals surface area contributed by atoms with E-state index in [1.807, 2.05) is 24.3 Å². The van der Waals surface area contributed by atoms with Gasteiger partial charge in [-0.3, -0.25) is 9.59 Å². The molecule has 0 radical (unpaired) electrons. The van der Waals surface area contributed by atoms with Crippen molar-refractivity contribution in [3.8, 4) is 0 Å². The Hall–Kier alpha value is -2.27. The number of amides is 2. The third kappa shape index (κ3) is 3.79. The number of rotatable bonds is 5. The van der Waals surface area contributed by atoms with E-state index in [4.69, 9.17) is 16.0 Å². The Morgan fingerprint density at radius 2 is 2.12 bits per heavy atom. The largest absolute Gasteiger partial charge is 0.469 e. The number of halogens is 1. The Kier molecular flexibility index (Phi) is 5.20. The third-order valence-corrected chi connectivity index (χ3v) is 4.42. The highest BCUT2D eigenvalue weighted by Crippen LogP contribution is 2.28. The molecule has 0 unspecified atom stereocenters. The molecular weight excluding hydrogens is 328 g/mol. The fraction of sp³-hybridized carbons (Fsp3) is 0.333. The number of carbonyl (C=O) groups excluding carboxylic acids is 2. The van der Waals surface area contributed by atoms with E-state index in [9.17, 15) is 9.59 Å². The van der Waals surface area contributed by atoms with Crippen LogP contribution in [0.2, 0.25) is 5.02 Å². The molecule has 2 aromatic rings. The van der Waals surface area contributed by atoms with Gasteiger partial charge in [0.15, 0.2) is 0 Å². The van der Waals surface area contributed by atoms with E-state index < -0.39 is 6.04 Å². The average Bonchev–Trinajstić information content (AvgIpc) is 3.09. The lowest BCUT2D eigenvalue weighted by Gasteiger charge is -2.33. The van der Waals surface area contributed by atoms with Gasteiger partial charge in [0.2, 0.25) is 11.8 Å². The molecule has 0 bridgehead atoms. The van der Waals surface area contributed by atoms with E-state index in [1.165, 1.54) is 0 Å². The van der Waals surface area contributed by atoms with Crippen LogP contribution in [-0.2, 0) is 16.0 Å². The molecule has 2 heterocycles. The molecule has 1 aromatic carbocycles. The molecule has 2 amide bonds. The van der Waals surface area contributed by atoms with Crippen LogP contribution >= 0.6 is 11.6 Å². The van der Waals surface area contributed by atoms with Gasteiger partial charge >= 0.3 is 0 Å². The molecule has 1 atom stereocenters. The number of nitrogens with one attached hydrogen (secondary N) is 1. The van der Waals surface area contributed by atoms with Crippen molar-refractivity contribution in [2.24, 2.45) is 0 Å². The molecule has 6 heteroatoms. The Bertz CT molecular complexity index is 715. The minimum Gasteiger partial charge on any atom is -0.469 e. The summed E-state index contributed by atoms with van der Waals surface area (Å²) < 4.78 is 5.21. The summed E-state index contributed by atoms with van der Waals surface area (Å²) in [5.41, 5.74) is 0.693. The summed E-state index contributed by atoms with van der Waals surface area (Å²) >= 11 is 6.19. The molecule has 1 aliphatic rings. The van der Waals surface area contributed by atoms with Crippen LogP contribution in [0.5, 0.6) is 0 Å². The van der Waals surface area contributed by atoms with Crippen LogP contribution in [-0.4, -0.2) is 24.4 Å². The van der Waals surface area contributed by atoms with Gasteiger partial charge in [0.05, 0.1) is 17.0 Å². The normalized spacial score (nSPS) is 17.8. The van der Waals surface area contributed by atoms with E-state index >= 15 is 0 Å². The quantitative estimate of drug-likeness (QED) is 0.904. The predicted molar refractivity (Wildman–Crippen MR) is 92.0 cm³/mol. The van der Waals surface area contributed by atoms with Gasteiger partial charge in [-0.15, -0.1) is 0 Å². The first-order valence-corrected chi connectivity index (χ1v) is 8.40. The molecule has 0 aliphatic carbocycles. The molecule has 0 saturated carbocycles. The van der Waals surface area contributed by atoms with Crippen molar-refractivity contribution >= 4 is 29.1 Å². The van der Waals surface area contributed by atoms with Crippen LogP contribution in [0.3, 0.4) is 0 Å². The molecule has 3 rings (SSSR count). The maximum Gasteiger partial charge on any atom is 0.249 e. The number of hydrogen-bond donors (Lipinski definition) is 1. The highest BCUT2D eigenvalue weighted by molar-refractivity contribution is 6.33. The molecule has 126 valence electrons. The maximum absolute atomic E-state index is 12.7. The number of nitrogens with zero attached hydrogens (tertiary/aromatic N) is 1. The van der Waals surface area contributed by atoms with Crippen molar-refractivity contribution in [2.45, 2.75) is 31.7 Å². The lowest BCUT2D eigenvalue weighted by molar-refractivity contribution is -0.128. The first kappa shape index (κ1) is 16.6. The molecule has 0 spiro atoms. The molecule has 1 saturated heterocycles. The molecule has 24 heavy (non-hydrogen) atoms. The standard InChI is InChI=1S/C18H19ClN2O3/c19-14-6-1-2-8-16(14)21-11-3-7-15(18(21)23)20-17(22)10-9-13-5-4-12-24-13/h1-2,4-6,8,12,15H,3,7,9-11H2,(H,20,22)/t15-/m1/s1. The van der Waals surface area contributed by atoms with Gasteiger partial charge in [-0.05, 0) is 37.1 Å². The van der Waals surface area contributed by atoms with Gasteiger partial charge in [0.1, 0.15) is 11.8 Å². The van der Waals surface area contributed by atoms with E-state index in [-0.39, 0.29) is 11.8 Å². The maximum atomic E-state index is 12.7. The Morgan fingerprint density at radius 3 is 2.88 bits per heavy atom. The zero-order chi connectivity index (χ0) is 16.9. The molecule has 1 aromatic heterocycles. The van der Waals surface area contributed by atoms with Crippen molar-refractivity contribution in [1.29, 1.82) is 0 Å². The van der Waals surface area contributed by atoms with Crippen molar-refractivity contribution < 1.29 is 14.0 Å². The SMILES string of the molecule is O=C(CCc1ccco1)N[C@@H]1CCCN(c2ccccc2Cl)C1=O. The molecule has 1 N–H and O–H groups in total. The number of benzene rings is 1. The Morgan fingerprint density at radius 1 is 1.29 bits per heavy atom. The summed E-state index contributed by atoms with van der Waals surface area (Å²) in [4.78, 5) is 26.4. The fourth-order valence-electron chi connectivity index (χ4n) is 2.88. The average molecular weight is 347 g/mol. The van der Waals surface area contributed by atoms with Gasteiger partial charge in [-0.2, -0.15) is 0 Å². The lowest BCUT2D eigenvalue weighted by atomic mass is 10.0. The van der Waals surface area contributed by atoms with Crippen molar-refractivity contribution in [1.82, 2.24) is 5.32 Å².